The van der Waals surface area contributed by atoms with Gasteiger partial charge in [0.25, 0.3) is 0 Å². The number of fused-ring (bicyclic) bond motifs is 3. The molecule has 3 rings (SSSR count). The van der Waals surface area contributed by atoms with Crippen LogP contribution in [-0.2, 0) is 24.5 Å². The molecule has 0 saturated carbocycles. The zero-order valence-corrected chi connectivity index (χ0v) is 17.4. The molecule has 0 spiro atoms. The van der Waals surface area contributed by atoms with Gasteiger partial charge >= 0.3 is 12.1 Å². The second-order valence-corrected chi connectivity index (χ2v) is 7.80. The fraction of sp³-hybridized carbons (Fsp3) is 0.364. The second kappa shape index (κ2) is 7.34. The van der Waals surface area contributed by atoms with Crippen molar-refractivity contribution in [3.63, 3.8) is 0 Å². The molecule has 1 unspecified atom stereocenters. The standard InChI is InChI=1S/C22H22N2O6/c1-6-28-19(26)22(12-23)15(13(2)25)11-29-18-17(22)14-9-7-8-10-16(14)24(18)20(27)30-21(3,4)5/h7-11H,6H2,1-5H3. The van der Waals surface area contributed by atoms with E-state index < -0.39 is 28.9 Å². The fourth-order valence-corrected chi connectivity index (χ4v) is 3.48. The summed E-state index contributed by atoms with van der Waals surface area (Å²) in [5, 5.41) is 10.6. The van der Waals surface area contributed by atoms with Gasteiger partial charge in [0, 0.05) is 5.39 Å². The highest BCUT2D eigenvalue weighted by atomic mass is 16.6. The number of esters is 1. The lowest BCUT2D eigenvalue weighted by Gasteiger charge is -2.30. The summed E-state index contributed by atoms with van der Waals surface area (Å²) in [6.07, 6.45) is 0.292. The first-order valence-electron chi connectivity index (χ1n) is 9.42. The number of Topliss-reactive ketones (excluding diaryl/α,β-unsaturated/α-hetero) is 1. The van der Waals surface area contributed by atoms with Crippen LogP contribution >= 0.6 is 0 Å². The lowest BCUT2D eigenvalue weighted by molar-refractivity contribution is -0.147. The first-order valence-corrected chi connectivity index (χ1v) is 9.42. The predicted octanol–water partition coefficient (Wildman–Crippen LogP) is 3.61. The number of rotatable bonds is 3. The van der Waals surface area contributed by atoms with E-state index in [2.05, 4.69) is 0 Å². The monoisotopic (exact) mass is 410 g/mol. The van der Waals surface area contributed by atoms with Crippen molar-refractivity contribution in [2.45, 2.75) is 45.6 Å². The maximum Gasteiger partial charge on any atom is 0.421 e. The molecule has 156 valence electrons. The van der Waals surface area contributed by atoms with Crippen LogP contribution in [0, 0.1) is 11.3 Å². The molecular formula is C22H22N2O6. The minimum atomic E-state index is -2.08. The molecule has 1 aliphatic rings. The van der Waals surface area contributed by atoms with Crippen LogP contribution in [0.5, 0.6) is 5.88 Å². The number of para-hydroxylation sites is 1. The van der Waals surface area contributed by atoms with Crippen LogP contribution < -0.4 is 4.74 Å². The van der Waals surface area contributed by atoms with Crippen molar-refractivity contribution < 1.29 is 28.6 Å². The Kier molecular flexibility index (Phi) is 5.16. The average Bonchev–Trinajstić information content (AvgIpc) is 3.00. The van der Waals surface area contributed by atoms with Crippen molar-refractivity contribution in [1.29, 1.82) is 5.26 Å². The molecule has 0 saturated heterocycles. The van der Waals surface area contributed by atoms with E-state index in [1.54, 1.807) is 52.0 Å². The molecule has 0 amide bonds. The quantitative estimate of drug-likeness (QED) is 0.711. The molecule has 0 bridgehead atoms. The molecule has 1 atom stereocenters. The van der Waals surface area contributed by atoms with Gasteiger partial charge in [0.1, 0.15) is 11.9 Å². The summed E-state index contributed by atoms with van der Waals surface area (Å²) in [6.45, 7) is 8.00. The maximum absolute atomic E-state index is 13.1. The Balaban J connectivity index is 2.41. The van der Waals surface area contributed by atoms with Crippen LogP contribution in [-0.4, -0.2) is 34.6 Å². The highest BCUT2D eigenvalue weighted by molar-refractivity contribution is 6.11. The number of carbonyl (C=O) groups is 3. The number of ketones is 1. The van der Waals surface area contributed by atoms with Gasteiger partial charge < -0.3 is 14.2 Å². The van der Waals surface area contributed by atoms with E-state index in [1.807, 2.05) is 6.07 Å². The summed E-state index contributed by atoms with van der Waals surface area (Å²) >= 11 is 0. The van der Waals surface area contributed by atoms with Gasteiger partial charge in [-0.2, -0.15) is 5.26 Å². The van der Waals surface area contributed by atoms with Crippen molar-refractivity contribution in [1.82, 2.24) is 4.57 Å². The Bertz CT molecular complexity index is 1130. The molecule has 8 nitrogen and oxygen atoms in total. The van der Waals surface area contributed by atoms with Crippen molar-refractivity contribution in [2.24, 2.45) is 0 Å². The van der Waals surface area contributed by atoms with E-state index in [-0.39, 0.29) is 23.6 Å². The van der Waals surface area contributed by atoms with Crippen LogP contribution in [0.25, 0.3) is 10.9 Å². The van der Waals surface area contributed by atoms with Gasteiger partial charge in [-0.3, -0.25) is 4.79 Å². The van der Waals surface area contributed by atoms with E-state index in [4.69, 9.17) is 14.2 Å². The van der Waals surface area contributed by atoms with E-state index in [0.29, 0.717) is 10.9 Å². The normalized spacial score (nSPS) is 17.9. The molecule has 1 aliphatic heterocycles. The molecule has 0 N–H and O–H groups in total. The molecule has 2 heterocycles. The summed E-state index contributed by atoms with van der Waals surface area (Å²) in [5.74, 6) is -1.50. The molecule has 0 radical (unpaired) electrons. The molecule has 2 aromatic rings. The lowest BCUT2D eigenvalue weighted by Crippen LogP contribution is -2.42. The van der Waals surface area contributed by atoms with Gasteiger partial charge in [0.2, 0.25) is 11.3 Å². The minimum Gasteiger partial charge on any atom is -0.464 e. The van der Waals surface area contributed by atoms with Crippen LogP contribution in [0.15, 0.2) is 36.1 Å². The van der Waals surface area contributed by atoms with Gasteiger partial charge in [-0.25, -0.2) is 14.2 Å². The van der Waals surface area contributed by atoms with Crippen molar-refractivity contribution >= 4 is 28.7 Å². The Morgan fingerprint density at radius 2 is 1.90 bits per heavy atom. The Morgan fingerprint density at radius 1 is 1.23 bits per heavy atom. The van der Waals surface area contributed by atoms with Crippen LogP contribution in [0.1, 0.15) is 40.2 Å². The molecule has 0 aliphatic carbocycles. The molecule has 1 aromatic carbocycles. The van der Waals surface area contributed by atoms with Gasteiger partial charge in [-0.1, -0.05) is 18.2 Å². The van der Waals surface area contributed by atoms with Gasteiger partial charge in [0.15, 0.2) is 5.78 Å². The van der Waals surface area contributed by atoms with E-state index >= 15 is 0 Å². The van der Waals surface area contributed by atoms with Crippen molar-refractivity contribution in [3.05, 3.63) is 41.7 Å². The highest BCUT2D eigenvalue weighted by Gasteiger charge is 2.55. The van der Waals surface area contributed by atoms with Crippen LogP contribution in [0.2, 0.25) is 0 Å². The third-order valence-electron chi connectivity index (χ3n) is 4.60. The second-order valence-electron chi connectivity index (χ2n) is 7.80. The predicted molar refractivity (Wildman–Crippen MR) is 107 cm³/mol. The SMILES string of the molecule is CCOC(=O)C1(C#N)C(C(C)=O)=COc2c1c1ccccc1n2C(=O)OC(C)(C)C. The Labute approximate surface area is 173 Å². The summed E-state index contributed by atoms with van der Waals surface area (Å²) < 4.78 is 17.5. The van der Waals surface area contributed by atoms with Gasteiger partial charge in [-0.05, 0) is 40.7 Å². The molecular weight excluding hydrogens is 388 g/mol. The van der Waals surface area contributed by atoms with Crippen LogP contribution in [0.3, 0.4) is 0 Å². The summed E-state index contributed by atoms with van der Waals surface area (Å²) in [5.41, 5.74) is -2.58. The molecule has 0 fully saturated rings. The third-order valence-corrected chi connectivity index (χ3v) is 4.60. The maximum atomic E-state index is 13.1. The lowest BCUT2D eigenvalue weighted by atomic mass is 9.73. The zero-order chi connectivity index (χ0) is 22.3. The summed E-state index contributed by atoms with van der Waals surface area (Å²) in [6, 6.07) is 8.66. The topological polar surface area (TPSA) is 108 Å². The minimum absolute atomic E-state index is 0.00828. The average molecular weight is 410 g/mol. The first-order chi connectivity index (χ1) is 14.1. The molecule has 1 aromatic heterocycles. The number of hydrogen-bond acceptors (Lipinski definition) is 7. The number of nitrogens with zero attached hydrogens (tertiary/aromatic N) is 2. The third kappa shape index (κ3) is 3.12. The fourth-order valence-electron chi connectivity index (χ4n) is 3.48. The van der Waals surface area contributed by atoms with Crippen molar-refractivity contribution in [2.75, 3.05) is 6.61 Å². The van der Waals surface area contributed by atoms with Crippen molar-refractivity contribution in [3.8, 4) is 11.9 Å². The zero-order valence-electron chi connectivity index (χ0n) is 17.4. The highest BCUT2D eigenvalue weighted by Crippen LogP contribution is 2.48. The van der Waals surface area contributed by atoms with Crippen LogP contribution in [0.4, 0.5) is 4.79 Å². The number of nitriles is 1. The first kappa shape index (κ1) is 21.1. The number of benzene rings is 1. The van der Waals surface area contributed by atoms with Gasteiger partial charge in [-0.15, -0.1) is 0 Å². The van der Waals surface area contributed by atoms with E-state index in [0.717, 1.165) is 10.8 Å². The number of carbonyl (C=O) groups excluding carboxylic acids is 3. The number of ether oxygens (including phenoxy) is 3. The molecule has 30 heavy (non-hydrogen) atoms. The largest absolute Gasteiger partial charge is 0.464 e. The molecule has 8 heteroatoms. The smallest absolute Gasteiger partial charge is 0.421 e. The van der Waals surface area contributed by atoms with E-state index in [1.165, 1.54) is 6.92 Å². The Morgan fingerprint density at radius 3 is 2.47 bits per heavy atom. The summed E-state index contributed by atoms with van der Waals surface area (Å²) in [7, 11) is 0. The van der Waals surface area contributed by atoms with Gasteiger partial charge in [0.05, 0.1) is 29.3 Å². The summed E-state index contributed by atoms with van der Waals surface area (Å²) in [4.78, 5) is 38.4. The Hall–Kier alpha value is -3.60. The van der Waals surface area contributed by atoms with E-state index in [9.17, 15) is 19.6 Å². The number of hydrogen-bond donors (Lipinski definition) is 0. The number of aromatic nitrogens is 1.